The van der Waals surface area contributed by atoms with Crippen LogP contribution in [0.4, 0.5) is 0 Å². The van der Waals surface area contributed by atoms with Crippen LogP contribution >= 0.6 is 0 Å². The van der Waals surface area contributed by atoms with Crippen molar-refractivity contribution >= 4 is 0 Å². The Bertz CT molecular complexity index is 289. The van der Waals surface area contributed by atoms with Gasteiger partial charge in [-0.05, 0) is 42.9 Å². The molecule has 1 heteroatoms. The lowest BCUT2D eigenvalue weighted by Gasteiger charge is -2.08. The summed E-state index contributed by atoms with van der Waals surface area (Å²) in [6, 6.07) is 8.86. The molecule has 14 heavy (non-hydrogen) atoms. The van der Waals surface area contributed by atoms with Crippen molar-refractivity contribution in [2.45, 2.75) is 38.6 Å². The number of benzene rings is 1. The Morgan fingerprint density at radius 3 is 2.79 bits per heavy atom. The van der Waals surface area contributed by atoms with Crippen molar-refractivity contribution in [2.24, 2.45) is 0 Å². The van der Waals surface area contributed by atoms with E-state index in [1.54, 1.807) is 5.56 Å². The van der Waals surface area contributed by atoms with Gasteiger partial charge in [-0.2, -0.15) is 0 Å². The summed E-state index contributed by atoms with van der Waals surface area (Å²) in [5.74, 6) is 0.870. The Kier molecular flexibility index (Phi) is 3.20. The van der Waals surface area contributed by atoms with Crippen LogP contribution in [-0.4, -0.2) is 6.54 Å². The molecule has 0 bridgehead atoms. The SMILES string of the molecule is CCCNCc1ccccc1C1CC1. The van der Waals surface area contributed by atoms with Gasteiger partial charge in [-0.15, -0.1) is 0 Å². The van der Waals surface area contributed by atoms with Crippen LogP contribution in [0.5, 0.6) is 0 Å². The molecule has 1 saturated carbocycles. The number of rotatable bonds is 5. The fourth-order valence-electron chi connectivity index (χ4n) is 1.89. The quantitative estimate of drug-likeness (QED) is 0.702. The van der Waals surface area contributed by atoms with Crippen molar-refractivity contribution < 1.29 is 0 Å². The first kappa shape index (κ1) is 9.72. The van der Waals surface area contributed by atoms with Crippen LogP contribution in [0.1, 0.15) is 43.2 Å². The van der Waals surface area contributed by atoms with Gasteiger partial charge in [0.05, 0.1) is 0 Å². The molecule has 0 heterocycles. The van der Waals surface area contributed by atoms with Gasteiger partial charge in [-0.1, -0.05) is 31.2 Å². The molecule has 0 spiro atoms. The van der Waals surface area contributed by atoms with Gasteiger partial charge in [0.1, 0.15) is 0 Å². The summed E-state index contributed by atoms with van der Waals surface area (Å²) in [6.07, 6.45) is 4.00. The zero-order valence-electron chi connectivity index (χ0n) is 8.92. The largest absolute Gasteiger partial charge is 0.313 e. The fourth-order valence-corrected chi connectivity index (χ4v) is 1.89. The van der Waals surface area contributed by atoms with Gasteiger partial charge in [0.25, 0.3) is 0 Å². The van der Waals surface area contributed by atoms with E-state index in [0.29, 0.717) is 0 Å². The molecule has 1 aliphatic rings. The lowest BCUT2D eigenvalue weighted by Crippen LogP contribution is -2.14. The van der Waals surface area contributed by atoms with Crippen molar-refractivity contribution in [3.63, 3.8) is 0 Å². The molecule has 0 saturated heterocycles. The predicted molar refractivity (Wildman–Crippen MR) is 60.4 cm³/mol. The highest BCUT2D eigenvalue weighted by Gasteiger charge is 2.25. The molecule has 1 aromatic carbocycles. The van der Waals surface area contributed by atoms with Crippen LogP contribution in [0.2, 0.25) is 0 Å². The Morgan fingerprint density at radius 2 is 2.07 bits per heavy atom. The Morgan fingerprint density at radius 1 is 1.29 bits per heavy atom. The minimum Gasteiger partial charge on any atom is -0.313 e. The molecule has 1 fully saturated rings. The number of hydrogen-bond donors (Lipinski definition) is 1. The highest BCUT2D eigenvalue weighted by atomic mass is 14.8. The number of nitrogens with one attached hydrogen (secondary N) is 1. The van der Waals surface area contributed by atoms with Crippen LogP contribution in [0, 0.1) is 0 Å². The van der Waals surface area contributed by atoms with Gasteiger partial charge in [-0.3, -0.25) is 0 Å². The van der Waals surface area contributed by atoms with Gasteiger partial charge in [0.15, 0.2) is 0 Å². The third-order valence-electron chi connectivity index (χ3n) is 2.81. The molecule has 0 aromatic heterocycles. The maximum atomic E-state index is 3.47. The van der Waals surface area contributed by atoms with Crippen LogP contribution in [0.25, 0.3) is 0 Å². The summed E-state index contributed by atoms with van der Waals surface area (Å²) in [5.41, 5.74) is 3.08. The number of hydrogen-bond acceptors (Lipinski definition) is 1. The van der Waals surface area contributed by atoms with Crippen LogP contribution in [0.3, 0.4) is 0 Å². The van der Waals surface area contributed by atoms with Gasteiger partial charge in [0, 0.05) is 6.54 Å². The molecule has 1 N–H and O–H groups in total. The molecule has 76 valence electrons. The molecule has 1 nitrogen and oxygen atoms in total. The monoisotopic (exact) mass is 189 g/mol. The van der Waals surface area contributed by atoms with E-state index >= 15 is 0 Å². The van der Waals surface area contributed by atoms with E-state index in [9.17, 15) is 0 Å². The predicted octanol–water partition coefficient (Wildman–Crippen LogP) is 3.06. The maximum Gasteiger partial charge on any atom is 0.0208 e. The standard InChI is InChI=1S/C13H19N/c1-2-9-14-10-12-5-3-4-6-13(12)11-7-8-11/h3-6,11,14H,2,7-10H2,1H3. The average Bonchev–Trinajstić information content (AvgIpc) is 3.03. The second kappa shape index (κ2) is 4.61. The van der Waals surface area contributed by atoms with Gasteiger partial charge in [0.2, 0.25) is 0 Å². The van der Waals surface area contributed by atoms with E-state index in [4.69, 9.17) is 0 Å². The van der Waals surface area contributed by atoms with Crippen molar-refractivity contribution in [3.05, 3.63) is 35.4 Å². The summed E-state index contributed by atoms with van der Waals surface area (Å²) >= 11 is 0. The second-order valence-corrected chi connectivity index (χ2v) is 4.15. The summed E-state index contributed by atoms with van der Waals surface area (Å²) in [4.78, 5) is 0. The first-order chi connectivity index (χ1) is 6.92. The van der Waals surface area contributed by atoms with Crippen LogP contribution in [-0.2, 0) is 6.54 Å². The third kappa shape index (κ3) is 2.36. The Balaban J connectivity index is 2.00. The van der Waals surface area contributed by atoms with Crippen molar-refractivity contribution in [2.75, 3.05) is 6.54 Å². The van der Waals surface area contributed by atoms with E-state index < -0.39 is 0 Å². The van der Waals surface area contributed by atoms with Gasteiger partial charge >= 0.3 is 0 Å². The average molecular weight is 189 g/mol. The Labute approximate surface area is 86.5 Å². The summed E-state index contributed by atoms with van der Waals surface area (Å²) in [5, 5.41) is 3.47. The molecular formula is C13H19N. The van der Waals surface area contributed by atoms with Crippen LogP contribution in [0.15, 0.2) is 24.3 Å². The van der Waals surface area contributed by atoms with Gasteiger partial charge < -0.3 is 5.32 Å². The molecule has 0 atom stereocenters. The highest BCUT2D eigenvalue weighted by molar-refractivity contribution is 5.33. The molecule has 0 unspecified atom stereocenters. The minimum absolute atomic E-state index is 0.870. The summed E-state index contributed by atoms with van der Waals surface area (Å²) in [6.45, 7) is 4.37. The molecule has 0 radical (unpaired) electrons. The molecule has 2 rings (SSSR count). The second-order valence-electron chi connectivity index (χ2n) is 4.15. The molecule has 1 aliphatic carbocycles. The first-order valence-corrected chi connectivity index (χ1v) is 5.70. The molecule has 0 amide bonds. The molecular weight excluding hydrogens is 170 g/mol. The van der Waals surface area contributed by atoms with Gasteiger partial charge in [-0.25, -0.2) is 0 Å². The fraction of sp³-hybridized carbons (Fsp3) is 0.538. The summed E-state index contributed by atoms with van der Waals surface area (Å²) in [7, 11) is 0. The minimum atomic E-state index is 0.870. The normalized spacial score (nSPS) is 15.8. The first-order valence-electron chi connectivity index (χ1n) is 5.70. The van der Waals surface area contributed by atoms with Crippen molar-refractivity contribution in [1.29, 1.82) is 0 Å². The topological polar surface area (TPSA) is 12.0 Å². The smallest absolute Gasteiger partial charge is 0.0208 e. The molecule has 0 aliphatic heterocycles. The van der Waals surface area contributed by atoms with E-state index in [0.717, 1.165) is 19.0 Å². The lowest BCUT2D eigenvalue weighted by molar-refractivity contribution is 0.671. The highest BCUT2D eigenvalue weighted by Crippen LogP contribution is 2.41. The Hall–Kier alpha value is -0.820. The van der Waals surface area contributed by atoms with E-state index in [-0.39, 0.29) is 0 Å². The lowest BCUT2D eigenvalue weighted by atomic mass is 10.0. The van der Waals surface area contributed by atoms with Crippen molar-refractivity contribution in [1.82, 2.24) is 5.32 Å². The summed E-state index contributed by atoms with van der Waals surface area (Å²) < 4.78 is 0. The maximum absolute atomic E-state index is 3.47. The zero-order chi connectivity index (χ0) is 9.80. The van der Waals surface area contributed by atoms with E-state index in [1.807, 2.05) is 0 Å². The van der Waals surface area contributed by atoms with Crippen LogP contribution < -0.4 is 5.32 Å². The third-order valence-corrected chi connectivity index (χ3v) is 2.81. The zero-order valence-corrected chi connectivity index (χ0v) is 8.92. The molecule has 1 aromatic rings. The van der Waals surface area contributed by atoms with Crippen molar-refractivity contribution in [3.8, 4) is 0 Å². The van der Waals surface area contributed by atoms with E-state index in [1.165, 1.54) is 24.8 Å². The van der Waals surface area contributed by atoms with E-state index in [2.05, 4.69) is 36.5 Å².